The van der Waals surface area contributed by atoms with Gasteiger partial charge in [0.25, 0.3) is 0 Å². The van der Waals surface area contributed by atoms with Crippen molar-refractivity contribution in [1.82, 2.24) is 0 Å². The summed E-state index contributed by atoms with van der Waals surface area (Å²) < 4.78 is 5.47. The smallest absolute Gasteiger partial charge is 0.139 e. The maximum absolute atomic E-state index is 5.93. The molecule has 0 radical (unpaired) electrons. The molecule has 0 spiro atoms. The standard InChI is InChI=1S/C10H10Cl4O/c1-6(4-11)5-15-10-3-8(13)7(12)2-9(10)14/h2-3,6H,4-5H2,1H3. The second-order valence-electron chi connectivity index (χ2n) is 3.27. The molecule has 0 bridgehead atoms. The molecule has 1 atom stereocenters. The summed E-state index contributed by atoms with van der Waals surface area (Å²) in [6, 6.07) is 3.17. The molecule has 1 rings (SSSR count). The Balaban J connectivity index is 2.73. The van der Waals surface area contributed by atoms with E-state index in [-0.39, 0.29) is 5.92 Å². The van der Waals surface area contributed by atoms with Crippen LogP contribution >= 0.6 is 46.4 Å². The highest BCUT2D eigenvalue weighted by Crippen LogP contribution is 2.33. The highest BCUT2D eigenvalue weighted by atomic mass is 35.5. The van der Waals surface area contributed by atoms with Crippen LogP contribution in [0.15, 0.2) is 12.1 Å². The molecule has 0 N–H and O–H groups in total. The Morgan fingerprint density at radius 3 is 2.33 bits per heavy atom. The summed E-state index contributed by atoms with van der Waals surface area (Å²) in [5, 5.41) is 1.29. The summed E-state index contributed by atoms with van der Waals surface area (Å²) in [6.07, 6.45) is 0. The van der Waals surface area contributed by atoms with Crippen LogP contribution < -0.4 is 4.74 Å². The number of halogens is 4. The van der Waals surface area contributed by atoms with Gasteiger partial charge in [-0.05, 0) is 6.07 Å². The molecule has 84 valence electrons. The van der Waals surface area contributed by atoms with Crippen LogP contribution in [0.3, 0.4) is 0 Å². The first-order valence-corrected chi connectivity index (χ1v) is 6.04. The molecule has 0 aromatic heterocycles. The van der Waals surface area contributed by atoms with E-state index >= 15 is 0 Å². The van der Waals surface area contributed by atoms with Gasteiger partial charge in [-0.3, -0.25) is 0 Å². The Kier molecular flexibility index (Phi) is 5.34. The molecule has 0 amide bonds. The van der Waals surface area contributed by atoms with E-state index in [4.69, 9.17) is 51.1 Å². The molecular weight excluding hydrogens is 278 g/mol. The van der Waals surface area contributed by atoms with E-state index in [0.29, 0.717) is 33.3 Å². The first-order chi connectivity index (χ1) is 7.04. The van der Waals surface area contributed by atoms with Crippen molar-refractivity contribution in [3.05, 3.63) is 27.2 Å². The molecule has 0 aliphatic heterocycles. The number of benzene rings is 1. The Morgan fingerprint density at radius 1 is 1.13 bits per heavy atom. The van der Waals surface area contributed by atoms with Crippen LogP contribution in [0.1, 0.15) is 6.92 Å². The second kappa shape index (κ2) is 6.05. The van der Waals surface area contributed by atoms with E-state index in [1.807, 2.05) is 6.92 Å². The van der Waals surface area contributed by atoms with Crippen molar-refractivity contribution in [2.75, 3.05) is 12.5 Å². The first-order valence-electron chi connectivity index (χ1n) is 4.38. The predicted octanol–water partition coefficient (Wildman–Crippen LogP) is 4.90. The van der Waals surface area contributed by atoms with E-state index < -0.39 is 0 Å². The van der Waals surface area contributed by atoms with Gasteiger partial charge in [-0.2, -0.15) is 0 Å². The minimum Gasteiger partial charge on any atom is -0.492 e. The Hall–Kier alpha value is 0.180. The van der Waals surface area contributed by atoms with E-state index in [1.54, 1.807) is 12.1 Å². The van der Waals surface area contributed by atoms with Gasteiger partial charge in [0.15, 0.2) is 0 Å². The van der Waals surface area contributed by atoms with Crippen molar-refractivity contribution in [3.63, 3.8) is 0 Å². The van der Waals surface area contributed by atoms with Gasteiger partial charge in [-0.25, -0.2) is 0 Å². The van der Waals surface area contributed by atoms with Crippen LogP contribution in [0.4, 0.5) is 0 Å². The molecule has 1 aromatic rings. The number of hydrogen-bond donors (Lipinski definition) is 0. The van der Waals surface area contributed by atoms with Crippen molar-refractivity contribution in [2.24, 2.45) is 5.92 Å². The van der Waals surface area contributed by atoms with Crippen LogP contribution in [-0.2, 0) is 0 Å². The van der Waals surface area contributed by atoms with E-state index in [0.717, 1.165) is 0 Å². The summed E-state index contributed by atoms with van der Waals surface area (Å²) in [5.74, 6) is 1.33. The molecule has 0 aliphatic rings. The fourth-order valence-corrected chi connectivity index (χ4v) is 1.57. The summed E-state index contributed by atoms with van der Waals surface area (Å²) in [7, 11) is 0. The van der Waals surface area contributed by atoms with E-state index in [9.17, 15) is 0 Å². The summed E-state index contributed by atoms with van der Waals surface area (Å²) in [4.78, 5) is 0. The third-order valence-corrected chi connectivity index (χ3v) is 3.31. The SMILES string of the molecule is CC(CCl)COc1cc(Cl)c(Cl)cc1Cl. The maximum Gasteiger partial charge on any atom is 0.139 e. The van der Waals surface area contributed by atoms with Gasteiger partial charge in [-0.1, -0.05) is 41.7 Å². The maximum atomic E-state index is 5.93. The fraction of sp³-hybridized carbons (Fsp3) is 0.400. The van der Waals surface area contributed by atoms with Crippen LogP contribution in [0.2, 0.25) is 15.1 Å². The lowest BCUT2D eigenvalue weighted by Crippen LogP contribution is -2.09. The average molecular weight is 288 g/mol. The molecule has 0 aliphatic carbocycles. The lowest BCUT2D eigenvalue weighted by Gasteiger charge is -2.12. The van der Waals surface area contributed by atoms with Gasteiger partial charge in [-0.15, -0.1) is 11.6 Å². The largest absolute Gasteiger partial charge is 0.492 e. The summed E-state index contributed by atoms with van der Waals surface area (Å²) in [6.45, 7) is 2.49. The Bertz CT molecular complexity index is 340. The van der Waals surface area contributed by atoms with Gasteiger partial charge in [0.05, 0.1) is 21.7 Å². The molecule has 0 fully saturated rings. The van der Waals surface area contributed by atoms with Crippen LogP contribution in [0.5, 0.6) is 5.75 Å². The summed E-state index contributed by atoms with van der Waals surface area (Å²) in [5.41, 5.74) is 0. The molecule has 5 heteroatoms. The quantitative estimate of drug-likeness (QED) is 0.565. The Labute approximate surface area is 109 Å². The highest BCUT2D eigenvalue weighted by Gasteiger charge is 2.08. The lowest BCUT2D eigenvalue weighted by atomic mass is 10.2. The van der Waals surface area contributed by atoms with Crippen LogP contribution in [-0.4, -0.2) is 12.5 Å². The van der Waals surface area contributed by atoms with Gasteiger partial charge in [0, 0.05) is 17.9 Å². The molecule has 1 nitrogen and oxygen atoms in total. The topological polar surface area (TPSA) is 9.23 Å². The minimum atomic E-state index is 0.261. The van der Waals surface area contributed by atoms with Gasteiger partial charge >= 0.3 is 0 Å². The monoisotopic (exact) mass is 286 g/mol. The number of rotatable bonds is 4. The van der Waals surface area contributed by atoms with Crippen LogP contribution in [0, 0.1) is 5.92 Å². The fourth-order valence-electron chi connectivity index (χ4n) is 0.892. The molecule has 0 heterocycles. The number of hydrogen-bond acceptors (Lipinski definition) is 1. The zero-order valence-corrected chi connectivity index (χ0v) is 11.1. The predicted molar refractivity (Wildman–Crippen MR) is 66.9 cm³/mol. The zero-order chi connectivity index (χ0) is 11.4. The van der Waals surface area contributed by atoms with Crippen molar-refractivity contribution in [2.45, 2.75) is 6.92 Å². The molecular formula is C10H10Cl4O. The summed E-state index contributed by atoms with van der Waals surface area (Å²) >= 11 is 23.2. The van der Waals surface area contributed by atoms with Gasteiger partial charge in [0.1, 0.15) is 5.75 Å². The first kappa shape index (κ1) is 13.2. The van der Waals surface area contributed by atoms with E-state index in [1.165, 1.54) is 0 Å². The van der Waals surface area contributed by atoms with Crippen molar-refractivity contribution >= 4 is 46.4 Å². The molecule has 1 unspecified atom stereocenters. The molecule has 0 saturated heterocycles. The van der Waals surface area contributed by atoms with Crippen molar-refractivity contribution in [1.29, 1.82) is 0 Å². The number of alkyl halides is 1. The average Bonchev–Trinajstić information content (AvgIpc) is 2.21. The Morgan fingerprint density at radius 2 is 1.73 bits per heavy atom. The van der Waals surface area contributed by atoms with Crippen molar-refractivity contribution < 1.29 is 4.74 Å². The van der Waals surface area contributed by atoms with Gasteiger partial charge in [0.2, 0.25) is 0 Å². The normalized spacial score (nSPS) is 12.6. The van der Waals surface area contributed by atoms with Gasteiger partial charge < -0.3 is 4.74 Å². The molecule has 15 heavy (non-hydrogen) atoms. The van der Waals surface area contributed by atoms with Crippen LogP contribution in [0.25, 0.3) is 0 Å². The third kappa shape index (κ3) is 3.92. The van der Waals surface area contributed by atoms with E-state index in [2.05, 4.69) is 0 Å². The molecule has 1 aromatic carbocycles. The minimum absolute atomic E-state index is 0.261. The third-order valence-electron chi connectivity index (χ3n) is 1.76. The lowest BCUT2D eigenvalue weighted by molar-refractivity contribution is 0.273. The highest BCUT2D eigenvalue weighted by molar-refractivity contribution is 6.43. The van der Waals surface area contributed by atoms with Crippen molar-refractivity contribution in [3.8, 4) is 5.75 Å². The molecule has 0 saturated carbocycles. The second-order valence-corrected chi connectivity index (χ2v) is 4.80. The number of ether oxygens (including phenoxy) is 1. The zero-order valence-electron chi connectivity index (χ0n) is 8.07.